The molecule has 4 saturated heterocycles. The van der Waals surface area contributed by atoms with Gasteiger partial charge in [-0.25, -0.2) is 37.1 Å². The molecule has 4 amide bonds. The van der Waals surface area contributed by atoms with Crippen LogP contribution in [0.15, 0.2) is 48.5 Å². The number of alkyl carbamates (subject to hydrolysis) is 2. The van der Waals surface area contributed by atoms with Gasteiger partial charge in [0, 0.05) is 31.6 Å². The topological polar surface area (TPSA) is 181 Å². The minimum Gasteiger partial charge on any atom is -0.453 e. The second-order valence-corrected chi connectivity index (χ2v) is 20.0. The number of hydrogen-bond acceptors (Lipinski definition) is 10. The van der Waals surface area contributed by atoms with E-state index in [1.165, 1.54) is 36.2 Å². The number of benzene rings is 3. The number of H-pyrrole nitrogens is 2. The number of amides is 4. The number of rotatable bonds is 12. The third-order valence-corrected chi connectivity index (χ3v) is 14.7. The largest absolute Gasteiger partial charge is 0.453 e. The number of carbonyl (C=O) groups is 4. The average molecular weight is 987 g/mol. The highest BCUT2D eigenvalue weighted by Gasteiger charge is 2.44. The molecule has 8 atom stereocenters. The summed E-state index contributed by atoms with van der Waals surface area (Å²) in [5, 5.41) is 5.18. The van der Waals surface area contributed by atoms with Gasteiger partial charge in [-0.05, 0) is 91.5 Å². The Bertz CT molecular complexity index is 2620. The third kappa shape index (κ3) is 9.77. The SMILES string of the molecule is COC(=O)N[C@H](C(=O)N1C[C@H](F)CC1c1nc2ccc([C@H]3CC[C@H](c4ccc5nc([C@@H]6C[C@@H](F)CN6C(=O)[C@@H](NC(=O)OC)C(C)C)[nH]c5c4)N3c3cc(F)c(N4CCCCC4)c(F)c3)cc2[nH]1)C(C)C. The van der Waals surface area contributed by atoms with E-state index in [1.807, 2.05) is 41.3 Å². The maximum absolute atomic E-state index is 16.4. The summed E-state index contributed by atoms with van der Waals surface area (Å²) in [6.07, 6.45) is -0.296. The molecule has 4 aliphatic heterocycles. The summed E-state index contributed by atoms with van der Waals surface area (Å²) in [5.74, 6) is -2.05. The molecule has 0 radical (unpaired) electrons. The van der Waals surface area contributed by atoms with Gasteiger partial charge in [-0.15, -0.1) is 0 Å². The second-order valence-electron chi connectivity index (χ2n) is 20.0. The van der Waals surface area contributed by atoms with Gasteiger partial charge in [0.25, 0.3) is 0 Å². The Hall–Kier alpha value is -6.60. The van der Waals surface area contributed by atoms with Gasteiger partial charge in [0.15, 0.2) is 11.6 Å². The normalized spacial score (nSPS) is 23.5. The number of piperidine rings is 1. The minimum absolute atomic E-state index is 0.00674. The highest BCUT2D eigenvalue weighted by Crippen LogP contribution is 2.49. The number of methoxy groups -OCH3 is 2. The number of hydrogen-bond donors (Lipinski definition) is 4. The molecule has 6 heterocycles. The number of likely N-dealkylation sites (tertiary alicyclic amines) is 2. The van der Waals surface area contributed by atoms with Gasteiger partial charge in [-0.1, -0.05) is 39.8 Å². The number of fused-ring (bicyclic) bond motifs is 2. The van der Waals surface area contributed by atoms with Crippen LogP contribution in [0.3, 0.4) is 0 Å². The lowest BCUT2D eigenvalue weighted by Gasteiger charge is -2.35. The molecule has 1 unspecified atom stereocenters. The summed E-state index contributed by atoms with van der Waals surface area (Å²) in [6.45, 7) is 7.91. The summed E-state index contributed by atoms with van der Waals surface area (Å²) < 4.78 is 72.7. The lowest BCUT2D eigenvalue weighted by molar-refractivity contribution is -0.136. The lowest BCUT2D eigenvalue weighted by atomic mass is 10.0. The smallest absolute Gasteiger partial charge is 0.407 e. The van der Waals surface area contributed by atoms with Gasteiger partial charge in [-0.2, -0.15) is 0 Å². The second kappa shape index (κ2) is 20.3. The van der Waals surface area contributed by atoms with Crippen LogP contribution in [0.4, 0.5) is 38.5 Å². The van der Waals surface area contributed by atoms with Crippen LogP contribution in [-0.4, -0.2) is 119 Å². The van der Waals surface area contributed by atoms with Gasteiger partial charge in [0.05, 0.1) is 73.5 Å². The van der Waals surface area contributed by atoms with E-state index < -0.39 is 72.1 Å². The fourth-order valence-electron chi connectivity index (χ4n) is 11.1. The van der Waals surface area contributed by atoms with Gasteiger partial charge in [0.1, 0.15) is 41.8 Å². The Morgan fingerprint density at radius 1 is 0.648 bits per heavy atom. The zero-order valence-electron chi connectivity index (χ0n) is 40.8. The maximum Gasteiger partial charge on any atom is 0.407 e. The van der Waals surface area contributed by atoms with E-state index in [0.717, 1.165) is 30.4 Å². The summed E-state index contributed by atoms with van der Waals surface area (Å²) in [7, 11) is 2.41. The molecule has 71 heavy (non-hydrogen) atoms. The molecule has 2 aromatic heterocycles. The third-order valence-electron chi connectivity index (χ3n) is 14.7. The maximum atomic E-state index is 16.4. The van der Waals surface area contributed by atoms with Crippen LogP contribution in [0.5, 0.6) is 0 Å². The van der Waals surface area contributed by atoms with Crippen LogP contribution >= 0.6 is 0 Å². The number of nitrogens with zero attached hydrogens (tertiary/aromatic N) is 6. The van der Waals surface area contributed by atoms with Crippen LogP contribution in [0, 0.1) is 23.5 Å². The van der Waals surface area contributed by atoms with Crippen molar-refractivity contribution in [2.45, 2.75) is 121 Å². The molecule has 3 aromatic carbocycles. The number of halogens is 4. The first kappa shape index (κ1) is 49.4. The fraction of sp³-hybridized carbons (Fsp3) is 0.529. The first-order valence-electron chi connectivity index (χ1n) is 24.6. The summed E-state index contributed by atoms with van der Waals surface area (Å²) in [6, 6.07) is 10.1. The number of carbonyl (C=O) groups excluding carboxylic acids is 4. The minimum atomic E-state index is -1.32. The molecule has 0 saturated carbocycles. The number of aromatic nitrogens is 4. The number of anilines is 2. The Morgan fingerprint density at radius 3 is 1.49 bits per heavy atom. The van der Waals surface area contributed by atoms with Crippen molar-refractivity contribution < 1.29 is 46.2 Å². The van der Waals surface area contributed by atoms with Crippen molar-refractivity contribution in [1.29, 1.82) is 0 Å². The fourth-order valence-corrected chi connectivity index (χ4v) is 11.1. The molecule has 20 heteroatoms. The van der Waals surface area contributed by atoms with Gasteiger partial charge in [0.2, 0.25) is 11.8 Å². The van der Waals surface area contributed by atoms with E-state index >= 15 is 17.6 Å². The number of nitrogens with one attached hydrogen (secondary N) is 4. The van der Waals surface area contributed by atoms with E-state index in [9.17, 15) is 19.2 Å². The van der Waals surface area contributed by atoms with E-state index in [4.69, 9.17) is 19.4 Å². The molecule has 380 valence electrons. The number of imidazole rings is 2. The first-order chi connectivity index (χ1) is 34.0. The first-order valence-corrected chi connectivity index (χ1v) is 24.6. The monoisotopic (exact) mass is 986 g/mol. The van der Waals surface area contributed by atoms with Crippen LogP contribution in [0.1, 0.15) is 120 Å². The highest BCUT2D eigenvalue weighted by molar-refractivity contribution is 5.88. The molecule has 9 rings (SSSR count). The predicted molar refractivity (Wildman–Crippen MR) is 258 cm³/mol. The molecule has 0 bridgehead atoms. The predicted octanol–water partition coefficient (Wildman–Crippen LogP) is 8.77. The number of alkyl halides is 2. The summed E-state index contributed by atoms with van der Waals surface area (Å²) >= 11 is 0. The Kier molecular flexibility index (Phi) is 14.1. The Morgan fingerprint density at radius 2 is 1.08 bits per heavy atom. The Balaban J connectivity index is 1.05. The molecule has 0 spiro atoms. The van der Waals surface area contributed by atoms with Crippen LogP contribution < -0.4 is 20.4 Å². The van der Waals surface area contributed by atoms with Gasteiger partial charge in [-0.3, -0.25) is 9.59 Å². The average Bonchev–Trinajstić information content (AvgIpc) is 4.20. The summed E-state index contributed by atoms with van der Waals surface area (Å²) in [4.78, 5) is 75.1. The van der Waals surface area contributed by atoms with Crippen LogP contribution in [0.25, 0.3) is 22.1 Å². The zero-order chi connectivity index (χ0) is 50.4. The molecule has 16 nitrogen and oxygen atoms in total. The molecular formula is C51H62F4N10O6. The number of ether oxygens (including phenoxy) is 2. The van der Waals surface area contributed by atoms with Crippen molar-refractivity contribution in [3.63, 3.8) is 0 Å². The van der Waals surface area contributed by atoms with Crippen LogP contribution in [0.2, 0.25) is 0 Å². The van der Waals surface area contributed by atoms with Crippen molar-refractivity contribution in [2.24, 2.45) is 11.8 Å². The lowest BCUT2D eigenvalue weighted by Crippen LogP contribution is -2.51. The molecular weight excluding hydrogens is 925 g/mol. The Labute approximate surface area is 409 Å². The van der Waals surface area contributed by atoms with E-state index in [0.29, 0.717) is 65.3 Å². The van der Waals surface area contributed by atoms with Crippen molar-refractivity contribution in [2.75, 3.05) is 50.2 Å². The van der Waals surface area contributed by atoms with Gasteiger partial charge < -0.3 is 49.7 Å². The summed E-state index contributed by atoms with van der Waals surface area (Å²) in [5.41, 5.74) is 4.40. The van der Waals surface area contributed by atoms with E-state index in [-0.39, 0.29) is 55.5 Å². The molecule has 4 aliphatic rings. The molecule has 4 N–H and O–H groups in total. The van der Waals surface area contributed by atoms with Gasteiger partial charge >= 0.3 is 12.2 Å². The molecule has 4 fully saturated rings. The molecule has 5 aromatic rings. The zero-order valence-corrected chi connectivity index (χ0v) is 40.8. The van der Waals surface area contributed by atoms with E-state index in [1.54, 1.807) is 32.6 Å². The van der Waals surface area contributed by atoms with Crippen molar-refractivity contribution >= 4 is 57.4 Å². The van der Waals surface area contributed by atoms with Crippen molar-refractivity contribution in [3.05, 3.63) is 82.9 Å². The standard InChI is InChI=1S/C51H62F4N10O6/c1-26(2)43(60-50(68)70-5)48(66)63-24-30(52)20-41(63)46-56-35-12-10-28(18-37(35)58-46)39-14-15-40(65(39)32-22-33(54)45(34(55)23-32)62-16-8-7-9-17-62)29-11-13-36-38(19-29)59-47(57-36)42-21-31(53)25-64(42)49(67)44(27(3)4)61-51(69)71-6/h10-13,18-19,22-23,26-27,30-31,39-44H,7-9,14-17,20-21,24-25H2,1-6H3,(H,56,58)(H,57,59)(H,60,68)(H,61,69)/t30-,31-,39-,40-,41+,42?,43+,44+/m1/s1. The molecule has 0 aliphatic carbocycles. The van der Waals surface area contributed by atoms with E-state index in [2.05, 4.69) is 20.6 Å². The number of aromatic amines is 2. The highest BCUT2D eigenvalue weighted by atomic mass is 19.1. The van der Waals surface area contributed by atoms with Crippen LogP contribution in [-0.2, 0) is 19.1 Å². The van der Waals surface area contributed by atoms with Crippen molar-refractivity contribution in [1.82, 2.24) is 40.4 Å². The quantitative estimate of drug-likeness (QED) is 0.0883. The van der Waals surface area contributed by atoms with Crippen molar-refractivity contribution in [3.8, 4) is 0 Å².